The summed E-state index contributed by atoms with van der Waals surface area (Å²) in [6.07, 6.45) is 4.07. The molecule has 1 aliphatic rings. The van der Waals surface area contributed by atoms with E-state index in [9.17, 15) is 0 Å². The number of nitrogens with zero attached hydrogens (tertiary/aromatic N) is 1. The highest BCUT2D eigenvalue weighted by atomic mass is 15.1. The summed E-state index contributed by atoms with van der Waals surface area (Å²) in [6, 6.07) is 9.33. The molecule has 1 saturated carbocycles. The molecular formula is C12H18N2. The van der Waals surface area contributed by atoms with Gasteiger partial charge in [-0.1, -0.05) is 12.1 Å². The van der Waals surface area contributed by atoms with Crippen LogP contribution in [0.15, 0.2) is 24.3 Å². The quantitative estimate of drug-likeness (QED) is 0.791. The maximum atomic E-state index is 5.56. The summed E-state index contributed by atoms with van der Waals surface area (Å²) in [5.41, 5.74) is 8.08. The Labute approximate surface area is 85.7 Å². The lowest BCUT2D eigenvalue weighted by molar-refractivity contribution is 0.401. The fourth-order valence-corrected chi connectivity index (χ4v) is 1.85. The first-order valence-electron chi connectivity index (χ1n) is 5.33. The fraction of sp³-hybridized carbons (Fsp3) is 0.500. The molecule has 1 aromatic carbocycles. The van der Waals surface area contributed by atoms with Gasteiger partial charge in [0.05, 0.1) is 0 Å². The van der Waals surface area contributed by atoms with Gasteiger partial charge in [-0.15, -0.1) is 0 Å². The van der Waals surface area contributed by atoms with E-state index in [4.69, 9.17) is 5.73 Å². The summed E-state index contributed by atoms with van der Waals surface area (Å²) in [5.74, 6) is 0. The second-order valence-corrected chi connectivity index (χ2v) is 4.07. The van der Waals surface area contributed by atoms with Crippen molar-refractivity contribution in [1.29, 1.82) is 0 Å². The molecule has 0 atom stereocenters. The highest BCUT2D eigenvalue weighted by molar-refractivity contribution is 5.48. The molecule has 2 nitrogen and oxygen atoms in total. The van der Waals surface area contributed by atoms with Crippen LogP contribution in [0.1, 0.15) is 24.8 Å². The summed E-state index contributed by atoms with van der Waals surface area (Å²) in [7, 11) is 2.18. The SMILES string of the molecule is CN(c1ccc(CN)cc1)C1CCC1. The van der Waals surface area contributed by atoms with E-state index in [0.717, 1.165) is 6.04 Å². The first kappa shape index (κ1) is 9.53. The van der Waals surface area contributed by atoms with Crippen LogP contribution in [0.3, 0.4) is 0 Å². The van der Waals surface area contributed by atoms with Gasteiger partial charge >= 0.3 is 0 Å². The summed E-state index contributed by atoms with van der Waals surface area (Å²) < 4.78 is 0. The van der Waals surface area contributed by atoms with Crippen LogP contribution in [0.25, 0.3) is 0 Å². The Bertz CT molecular complexity index is 288. The molecule has 0 radical (unpaired) electrons. The standard InChI is InChI=1S/C12H18N2/c1-14(11-3-2-4-11)12-7-5-10(9-13)6-8-12/h5-8,11H,2-4,9,13H2,1H3. The van der Waals surface area contributed by atoms with Crippen molar-refractivity contribution >= 4 is 5.69 Å². The van der Waals surface area contributed by atoms with Gasteiger partial charge in [0.2, 0.25) is 0 Å². The van der Waals surface area contributed by atoms with Crippen molar-refractivity contribution in [2.24, 2.45) is 5.73 Å². The molecule has 2 rings (SSSR count). The zero-order chi connectivity index (χ0) is 9.97. The van der Waals surface area contributed by atoms with Crippen molar-refractivity contribution in [2.45, 2.75) is 31.8 Å². The number of anilines is 1. The fourth-order valence-electron chi connectivity index (χ4n) is 1.85. The van der Waals surface area contributed by atoms with E-state index in [1.54, 1.807) is 0 Å². The largest absolute Gasteiger partial charge is 0.372 e. The van der Waals surface area contributed by atoms with Crippen molar-refractivity contribution in [3.63, 3.8) is 0 Å². The molecule has 14 heavy (non-hydrogen) atoms. The van der Waals surface area contributed by atoms with Crippen molar-refractivity contribution in [2.75, 3.05) is 11.9 Å². The van der Waals surface area contributed by atoms with Crippen molar-refractivity contribution < 1.29 is 0 Å². The molecule has 2 heteroatoms. The minimum absolute atomic E-state index is 0.632. The Kier molecular flexibility index (Phi) is 2.73. The second-order valence-electron chi connectivity index (χ2n) is 4.07. The maximum absolute atomic E-state index is 5.56. The molecule has 0 aromatic heterocycles. The van der Waals surface area contributed by atoms with Gasteiger partial charge in [-0.2, -0.15) is 0 Å². The Hall–Kier alpha value is -1.02. The van der Waals surface area contributed by atoms with Crippen LogP contribution in [-0.2, 0) is 6.54 Å². The molecule has 76 valence electrons. The number of benzene rings is 1. The highest BCUT2D eigenvalue weighted by Gasteiger charge is 2.21. The summed E-state index contributed by atoms with van der Waals surface area (Å²) in [4.78, 5) is 2.38. The van der Waals surface area contributed by atoms with Crippen LogP contribution >= 0.6 is 0 Å². The molecule has 0 aliphatic heterocycles. The highest BCUT2D eigenvalue weighted by Crippen LogP contribution is 2.28. The number of hydrogen-bond donors (Lipinski definition) is 1. The van der Waals surface area contributed by atoms with Crippen molar-refractivity contribution in [3.8, 4) is 0 Å². The van der Waals surface area contributed by atoms with Crippen molar-refractivity contribution in [3.05, 3.63) is 29.8 Å². The second kappa shape index (κ2) is 4.01. The molecule has 1 aromatic rings. The number of hydrogen-bond acceptors (Lipinski definition) is 2. The van der Waals surface area contributed by atoms with Crippen molar-refractivity contribution in [1.82, 2.24) is 0 Å². The van der Waals surface area contributed by atoms with E-state index in [2.05, 4.69) is 36.2 Å². The minimum atomic E-state index is 0.632. The van der Waals surface area contributed by atoms with Crippen LogP contribution in [0.2, 0.25) is 0 Å². The number of rotatable bonds is 3. The van der Waals surface area contributed by atoms with E-state index in [1.807, 2.05) is 0 Å². The van der Waals surface area contributed by atoms with E-state index in [0.29, 0.717) is 6.54 Å². The summed E-state index contributed by atoms with van der Waals surface area (Å²) in [5, 5.41) is 0. The molecular weight excluding hydrogens is 172 g/mol. The van der Waals surface area contributed by atoms with Crippen LogP contribution < -0.4 is 10.6 Å². The lowest BCUT2D eigenvalue weighted by Gasteiger charge is -2.36. The summed E-state index contributed by atoms with van der Waals surface area (Å²) >= 11 is 0. The average Bonchev–Trinajstić information content (AvgIpc) is 2.15. The van der Waals surface area contributed by atoms with E-state index in [-0.39, 0.29) is 0 Å². The molecule has 0 spiro atoms. The smallest absolute Gasteiger partial charge is 0.0366 e. The monoisotopic (exact) mass is 190 g/mol. The van der Waals surface area contributed by atoms with Gasteiger partial charge in [0.25, 0.3) is 0 Å². The Morgan fingerprint density at radius 3 is 2.36 bits per heavy atom. The van der Waals surface area contributed by atoms with Crippen LogP contribution in [-0.4, -0.2) is 13.1 Å². The van der Waals surface area contributed by atoms with E-state index >= 15 is 0 Å². The molecule has 0 saturated heterocycles. The zero-order valence-electron chi connectivity index (χ0n) is 8.74. The van der Waals surface area contributed by atoms with E-state index < -0.39 is 0 Å². The molecule has 1 fully saturated rings. The lowest BCUT2D eigenvalue weighted by Crippen LogP contribution is -2.37. The van der Waals surface area contributed by atoms with E-state index in [1.165, 1.54) is 30.5 Å². The van der Waals surface area contributed by atoms with Crippen LogP contribution in [0.5, 0.6) is 0 Å². The third-order valence-corrected chi connectivity index (χ3v) is 3.20. The molecule has 1 aliphatic carbocycles. The first-order chi connectivity index (χ1) is 6.81. The predicted molar refractivity (Wildman–Crippen MR) is 60.4 cm³/mol. The van der Waals surface area contributed by atoms with Gasteiger partial charge in [-0.05, 0) is 37.0 Å². The molecule has 0 amide bonds. The van der Waals surface area contributed by atoms with Gasteiger partial charge in [-0.3, -0.25) is 0 Å². The third kappa shape index (κ3) is 1.75. The van der Waals surface area contributed by atoms with Gasteiger partial charge in [-0.25, -0.2) is 0 Å². The third-order valence-electron chi connectivity index (χ3n) is 3.20. The summed E-state index contributed by atoms with van der Waals surface area (Å²) in [6.45, 7) is 0.632. The Morgan fingerprint density at radius 2 is 1.93 bits per heavy atom. The lowest BCUT2D eigenvalue weighted by atomic mass is 9.91. The Balaban J connectivity index is 2.07. The predicted octanol–water partition coefficient (Wildman–Crippen LogP) is 2.13. The van der Waals surface area contributed by atoms with Gasteiger partial charge in [0.15, 0.2) is 0 Å². The molecule has 0 unspecified atom stereocenters. The molecule has 0 bridgehead atoms. The van der Waals surface area contributed by atoms with Crippen LogP contribution in [0, 0.1) is 0 Å². The van der Waals surface area contributed by atoms with Crippen LogP contribution in [0.4, 0.5) is 5.69 Å². The molecule has 0 heterocycles. The first-order valence-corrected chi connectivity index (χ1v) is 5.33. The Morgan fingerprint density at radius 1 is 1.29 bits per heavy atom. The normalized spacial score (nSPS) is 16.4. The van der Waals surface area contributed by atoms with Gasteiger partial charge in [0.1, 0.15) is 0 Å². The topological polar surface area (TPSA) is 29.3 Å². The van der Waals surface area contributed by atoms with Gasteiger partial charge < -0.3 is 10.6 Å². The van der Waals surface area contributed by atoms with Gasteiger partial charge in [0, 0.05) is 25.3 Å². The maximum Gasteiger partial charge on any atom is 0.0366 e. The average molecular weight is 190 g/mol. The minimum Gasteiger partial charge on any atom is -0.372 e. The zero-order valence-corrected chi connectivity index (χ0v) is 8.74. The number of nitrogens with two attached hydrogens (primary N) is 1. The molecule has 2 N–H and O–H groups in total.